The fourth-order valence-electron chi connectivity index (χ4n) is 2.87. The number of aliphatic hydroxyl groups is 1. The minimum atomic E-state index is -1.16. The standard InChI is InChI=1S/C17H17NO5/c19-16(11-3-6-13-14(8-11)23-10-22-13)18-9-17(20,12-4-5-12)15-2-1-7-21-15/h1-3,6-8,12,20H,4-5,9-10H2,(H,18,19). The van der Waals surface area contributed by atoms with E-state index in [-0.39, 0.29) is 25.2 Å². The van der Waals surface area contributed by atoms with Crippen molar-refractivity contribution in [1.82, 2.24) is 5.32 Å². The molecular formula is C17H17NO5. The van der Waals surface area contributed by atoms with Gasteiger partial charge in [0.25, 0.3) is 5.91 Å². The van der Waals surface area contributed by atoms with Gasteiger partial charge in [0.05, 0.1) is 12.8 Å². The van der Waals surface area contributed by atoms with Crippen molar-refractivity contribution in [1.29, 1.82) is 0 Å². The number of carbonyl (C=O) groups excluding carboxylic acids is 1. The third-order valence-corrected chi connectivity index (χ3v) is 4.35. The highest BCUT2D eigenvalue weighted by molar-refractivity contribution is 5.95. The number of rotatable bonds is 5. The Morgan fingerprint density at radius 2 is 2.09 bits per heavy atom. The molecule has 1 saturated carbocycles. The molecule has 0 bridgehead atoms. The van der Waals surface area contributed by atoms with E-state index >= 15 is 0 Å². The minimum absolute atomic E-state index is 0.110. The first-order chi connectivity index (χ1) is 11.2. The van der Waals surface area contributed by atoms with Crippen LogP contribution >= 0.6 is 0 Å². The van der Waals surface area contributed by atoms with Crippen LogP contribution in [0.1, 0.15) is 29.0 Å². The number of hydrogen-bond acceptors (Lipinski definition) is 5. The number of amides is 1. The van der Waals surface area contributed by atoms with Crippen LogP contribution in [0.5, 0.6) is 11.5 Å². The number of furan rings is 1. The average Bonchev–Trinajstić information content (AvgIpc) is 3.10. The molecule has 1 aromatic heterocycles. The smallest absolute Gasteiger partial charge is 0.251 e. The number of ether oxygens (including phenoxy) is 2. The molecule has 1 fully saturated rings. The Hall–Kier alpha value is -2.47. The zero-order valence-corrected chi connectivity index (χ0v) is 12.5. The fraction of sp³-hybridized carbons (Fsp3) is 0.353. The maximum atomic E-state index is 12.4. The topological polar surface area (TPSA) is 80.9 Å². The summed E-state index contributed by atoms with van der Waals surface area (Å²) in [4.78, 5) is 12.4. The van der Waals surface area contributed by atoms with Gasteiger partial charge in [0, 0.05) is 5.56 Å². The summed E-state index contributed by atoms with van der Waals surface area (Å²) in [5.41, 5.74) is -0.693. The van der Waals surface area contributed by atoms with Crippen molar-refractivity contribution in [3.63, 3.8) is 0 Å². The van der Waals surface area contributed by atoms with Gasteiger partial charge in [0.15, 0.2) is 11.5 Å². The quantitative estimate of drug-likeness (QED) is 0.882. The Morgan fingerprint density at radius 3 is 2.83 bits per heavy atom. The third kappa shape index (κ3) is 2.55. The first-order valence-electron chi connectivity index (χ1n) is 7.61. The third-order valence-electron chi connectivity index (χ3n) is 4.35. The number of fused-ring (bicyclic) bond motifs is 1. The second-order valence-electron chi connectivity index (χ2n) is 5.93. The molecule has 1 atom stereocenters. The van der Waals surface area contributed by atoms with Crippen LogP contribution in [0.25, 0.3) is 0 Å². The summed E-state index contributed by atoms with van der Waals surface area (Å²) in [6.07, 6.45) is 3.39. The van der Waals surface area contributed by atoms with Gasteiger partial charge in [-0.1, -0.05) is 0 Å². The molecular weight excluding hydrogens is 298 g/mol. The van der Waals surface area contributed by atoms with Gasteiger partial charge in [-0.25, -0.2) is 0 Å². The second kappa shape index (κ2) is 5.31. The summed E-state index contributed by atoms with van der Waals surface area (Å²) in [5.74, 6) is 1.53. The molecule has 6 heteroatoms. The van der Waals surface area contributed by atoms with E-state index in [1.807, 2.05) is 0 Å². The molecule has 2 N–H and O–H groups in total. The fourth-order valence-corrected chi connectivity index (χ4v) is 2.87. The molecule has 0 saturated heterocycles. The lowest BCUT2D eigenvalue weighted by atomic mass is 9.94. The zero-order valence-electron chi connectivity index (χ0n) is 12.5. The number of nitrogens with one attached hydrogen (secondary N) is 1. The summed E-state index contributed by atoms with van der Waals surface area (Å²) in [6, 6.07) is 8.50. The van der Waals surface area contributed by atoms with Crippen LogP contribution < -0.4 is 14.8 Å². The Morgan fingerprint density at radius 1 is 1.26 bits per heavy atom. The van der Waals surface area contributed by atoms with E-state index in [0.29, 0.717) is 22.8 Å². The predicted molar refractivity (Wildman–Crippen MR) is 80.2 cm³/mol. The van der Waals surface area contributed by atoms with Gasteiger partial charge < -0.3 is 24.3 Å². The van der Waals surface area contributed by atoms with Gasteiger partial charge in [0.1, 0.15) is 11.4 Å². The summed E-state index contributed by atoms with van der Waals surface area (Å²) >= 11 is 0. The molecule has 4 rings (SSSR count). The molecule has 0 radical (unpaired) electrons. The summed E-state index contributed by atoms with van der Waals surface area (Å²) in [5, 5.41) is 13.7. The largest absolute Gasteiger partial charge is 0.466 e. The second-order valence-corrected chi connectivity index (χ2v) is 5.93. The highest BCUT2D eigenvalue weighted by Crippen LogP contribution is 2.45. The highest BCUT2D eigenvalue weighted by atomic mass is 16.7. The lowest BCUT2D eigenvalue weighted by Gasteiger charge is -2.26. The Labute approximate surface area is 133 Å². The van der Waals surface area contributed by atoms with Crippen molar-refractivity contribution in [2.45, 2.75) is 18.4 Å². The van der Waals surface area contributed by atoms with Crippen LogP contribution in [-0.2, 0) is 5.60 Å². The van der Waals surface area contributed by atoms with Crippen molar-refractivity contribution in [3.8, 4) is 11.5 Å². The molecule has 2 aromatic rings. The molecule has 1 aromatic carbocycles. The number of carbonyl (C=O) groups is 1. The van der Waals surface area contributed by atoms with Gasteiger partial charge in [0.2, 0.25) is 6.79 Å². The van der Waals surface area contributed by atoms with E-state index in [0.717, 1.165) is 12.8 Å². The van der Waals surface area contributed by atoms with E-state index in [2.05, 4.69) is 5.32 Å². The molecule has 1 aliphatic carbocycles. The van der Waals surface area contributed by atoms with Gasteiger partial charge >= 0.3 is 0 Å². The normalized spacial score (nSPS) is 18.5. The Kier molecular flexibility index (Phi) is 3.27. The average molecular weight is 315 g/mol. The van der Waals surface area contributed by atoms with E-state index < -0.39 is 5.60 Å². The van der Waals surface area contributed by atoms with E-state index in [4.69, 9.17) is 13.9 Å². The van der Waals surface area contributed by atoms with Crippen LogP contribution in [0.2, 0.25) is 0 Å². The van der Waals surface area contributed by atoms with Gasteiger partial charge in [-0.2, -0.15) is 0 Å². The first-order valence-corrected chi connectivity index (χ1v) is 7.61. The van der Waals surface area contributed by atoms with Crippen molar-refractivity contribution in [2.24, 2.45) is 5.92 Å². The lowest BCUT2D eigenvalue weighted by molar-refractivity contribution is -0.00611. The van der Waals surface area contributed by atoms with Crippen molar-refractivity contribution < 1.29 is 23.8 Å². The van der Waals surface area contributed by atoms with Crippen molar-refractivity contribution in [2.75, 3.05) is 13.3 Å². The van der Waals surface area contributed by atoms with Gasteiger partial charge in [-0.15, -0.1) is 0 Å². The molecule has 1 amide bonds. The predicted octanol–water partition coefficient (Wildman–Crippen LogP) is 2.04. The van der Waals surface area contributed by atoms with Gasteiger partial charge in [-0.3, -0.25) is 4.79 Å². The van der Waals surface area contributed by atoms with Crippen molar-refractivity contribution in [3.05, 3.63) is 47.9 Å². The Balaban J connectivity index is 1.48. The highest BCUT2D eigenvalue weighted by Gasteiger charge is 2.47. The Bertz CT molecular complexity index is 723. The van der Waals surface area contributed by atoms with Crippen LogP contribution in [0.3, 0.4) is 0 Å². The molecule has 2 aliphatic rings. The maximum Gasteiger partial charge on any atom is 0.251 e. The van der Waals surface area contributed by atoms with E-state index in [1.54, 1.807) is 30.3 Å². The number of hydrogen-bond donors (Lipinski definition) is 2. The van der Waals surface area contributed by atoms with Crippen molar-refractivity contribution >= 4 is 5.91 Å². The minimum Gasteiger partial charge on any atom is -0.466 e. The summed E-state index contributed by atoms with van der Waals surface area (Å²) in [7, 11) is 0. The van der Waals surface area contributed by atoms with E-state index in [1.165, 1.54) is 6.26 Å². The molecule has 0 spiro atoms. The molecule has 120 valence electrons. The monoisotopic (exact) mass is 315 g/mol. The summed E-state index contributed by atoms with van der Waals surface area (Å²) in [6.45, 7) is 0.277. The van der Waals surface area contributed by atoms with Crippen LogP contribution in [0.15, 0.2) is 41.0 Å². The van der Waals surface area contributed by atoms with Gasteiger partial charge in [-0.05, 0) is 49.1 Å². The molecule has 2 heterocycles. The molecule has 23 heavy (non-hydrogen) atoms. The molecule has 1 aliphatic heterocycles. The summed E-state index contributed by atoms with van der Waals surface area (Å²) < 4.78 is 15.9. The van der Waals surface area contributed by atoms with Crippen LogP contribution in [0, 0.1) is 5.92 Å². The van der Waals surface area contributed by atoms with Crippen LogP contribution in [0.4, 0.5) is 0 Å². The maximum absolute atomic E-state index is 12.4. The zero-order chi connectivity index (χ0) is 15.9. The molecule has 1 unspecified atom stereocenters. The lowest BCUT2D eigenvalue weighted by Crippen LogP contribution is -2.42. The molecule has 6 nitrogen and oxygen atoms in total. The SMILES string of the molecule is O=C(NCC(O)(c1ccco1)C1CC1)c1ccc2c(c1)OCO2. The van der Waals surface area contributed by atoms with Crippen LogP contribution in [-0.4, -0.2) is 24.4 Å². The number of benzene rings is 1. The van der Waals surface area contributed by atoms with E-state index in [9.17, 15) is 9.90 Å². The first kappa shape index (κ1) is 14.1.